The number of amides is 1. The van der Waals surface area contributed by atoms with E-state index in [-0.39, 0.29) is 35.8 Å². The van der Waals surface area contributed by atoms with Crippen LogP contribution in [0.15, 0.2) is 48.5 Å². The summed E-state index contributed by atoms with van der Waals surface area (Å²) in [5.41, 5.74) is 4.82. The molecule has 2 N–H and O–H groups in total. The van der Waals surface area contributed by atoms with Crippen molar-refractivity contribution in [1.82, 2.24) is 5.32 Å². The van der Waals surface area contributed by atoms with Crippen LogP contribution in [-0.2, 0) is 9.53 Å². The molecule has 0 heterocycles. The molecule has 29 heavy (non-hydrogen) atoms. The van der Waals surface area contributed by atoms with Gasteiger partial charge in [0.1, 0.15) is 6.61 Å². The monoisotopic (exact) mass is 391 g/mol. The normalized spacial score (nSPS) is 27.2. The molecule has 2 aromatic carbocycles. The number of hydrogen-bond acceptors (Lipinski definition) is 3. The topological polar surface area (TPSA) is 75.6 Å². The SMILES string of the molecule is O=C(NC1C2CCC1CC(C(=O)O)C2)OCC1c2ccccc2-c2ccccc21. The molecule has 150 valence electrons. The van der Waals surface area contributed by atoms with Crippen LogP contribution in [0.3, 0.4) is 0 Å². The van der Waals surface area contributed by atoms with Crippen molar-refractivity contribution in [2.75, 3.05) is 6.61 Å². The molecule has 5 nitrogen and oxygen atoms in total. The Hall–Kier alpha value is -2.82. The molecule has 2 aromatic rings. The number of carbonyl (C=O) groups is 2. The first kappa shape index (κ1) is 18.2. The second kappa shape index (κ2) is 7.21. The molecule has 2 unspecified atom stereocenters. The van der Waals surface area contributed by atoms with Crippen LogP contribution in [-0.4, -0.2) is 29.8 Å². The molecule has 5 heteroatoms. The first-order chi connectivity index (χ1) is 14.1. The maximum absolute atomic E-state index is 12.6. The van der Waals surface area contributed by atoms with Gasteiger partial charge in [0.25, 0.3) is 0 Å². The lowest BCUT2D eigenvalue weighted by molar-refractivity contribution is -0.143. The Morgan fingerprint density at radius 2 is 1.48 bits per heavy atom. The Morgan fingerprint density at radius 1 is 0.931 bits per heavy atom. The zero-order valence-electron chi connectivity index (χ0n) is 16.2. The maximum Gasteiger partial charge on any atom is 0.407 e. The van der Waals surface area contributed by atoms with Crippen molar-refractivity contribution in [2.24, 2.45) is 17.8 Å². The average Bonchev–Trinajstić information content (AvgIpc) is 3.15. The van der Waals surface area contributed by atoms with Gasteiger partial charge >= 0.3 is 12.1 Å². The molecule has 2 bridgehead atoms. The van der Waals surface area contributed by atoms with Gasteiger partial charge in [0, 0.05) is 12.0 Å². The minimum Gasteiger partial charge on any atom is -0.481 e. The zero-order chi connectivity index (χ0) is 20.0. The summed E-state index contributed by atoms with van der Waals surface area (Å²) < 4.78 is 5.67. The third kappa shape index (κ3) is 3.18. The minimum absolute atomic E-state index is 0.0428. The predicted molar refractivity (Wildman–Crippen MR) is 109 cm³/mol. The molecule has 2 saturated carbocycles. The summed E-state index contributed by atoms with van der Waals surface area (Å²) in [5, 5.41) is 12.4. The molecule has 1 amide bonds. The number of rotatable bonds is 4. The lowest BCUT2D eigenvalue weighted by atomic mass is 9.77. The minimum atomic E-state index is -0.707. The molecule has 0 saturated heterocycles. The van der Waals surface area contributed by atoms with E-state index in [1.165, 1.54) is 22.3 Å². The van der Waals surface area contributed by atoms with Gasteiger partial charge in [0.15, 0.2) is 0 Å². The number of carboxylic acid groups (broad SMARTS) is 1. The number of fused-ring (bicyclic) bond motifs is 5. The lowest BCUT2D eigenvalue weighted by Crippen LogP contribution is -2.46. The van der Waals surface area contributed by atoms with Gasteiger partial charge in [0.05, 0.1) is 5.92 Å². The Morgan fingerprint density at radius 3 is 2.03 bits per heavy atom. The van der Waals surface area contributed by atoms with Gasteiger partial charge in [-0.05, 0) is 59.8 Å². The van der Waals surface area contributed by atoms with Crippen molar-refractivity contribution in [3.05, 3.63) is 59.7 Å². The van der Waals surface area contributed by atoms with Crippen molar-refractivity contribution in [3.8, 4) is 11.1 Å². The van der Waals surface area contributed by atoms with Crippen molar-refractivity contribution in [1.29, 1.82) is 0 Å². The second-order valence-electron chi connectivity index (χ2n) is 8.60. The van der Waals surface area contributed by atoms with Crippen LogP contribution >= 0.6 is 0 Å². The summed E-state index contributed by atoms with van der Waals surface area (Å²) in [5.74, 6) is -0.437. The van der Waals surface area contributed by atoms with Crippen LogP contribution in [0.25, 0.3) is 11.1 Å². The van der Waals surface area contributed by atoms with E-state index in [0.717, 1.165) is 12.8 Å². The summed E-state index contributed by atoms with van der Waals surface area (Å²) >= 11 is 0. The van der Waals surface area contributed by atoms with Crippen molar-refractivity contribution in [3.63, 3.8) is 0 Å². The van der Waals surface area contributed by atoms with Crippen LogP contribution in [0, 0.1) is 17.8 Å². The van der Waals surface area contributed by atoms with Gasteiger partial charge in [-0.25, -0.2) is 4.79 Å². The van der Waals surface area contributed by atoms with E-state index in [0.29, 0.717) is 19.4 Å². The molecule has 0 aliphatic heterocycles. The average molecular weight is 391 g/mol. The third-order valence-electron chi connectivity index (χ3n) is 7.08. The number of hydrogen-bond donors (Lipinski definition) is 2. The smallest absolute Gasteiger partial charge is 0.407 e. The highest BCUT2D eigenvalue weighted by atomic mass is 16.5. The van der Waals surface area contributed by atoms with Crippen LogP contribution in [0.2, 0.25) is 0 Å². The van der Waals surface area contributed by atoms with Crippen molar-refractivity contribution < 1.29 is 19.4 Å². The Balaban J connectivity index is 1.25. The Kier molecular flexibility index (Phi) is 4.53. The fraction of sp³-hybridized carbons (Fsp3) is 0.417. The summed E-state index contributed by atoms with van der Waals surface area (Å²) in [6.07, 6.45) is 2.90. The van der Waals surface area contributed by atoms with E-state index < -0.39 is 5.97 Å². The molecule has 3 aliphatic carbocycles. The maximum atomic E-state index is 12.6. The van der Waals surface area contributed by atoms with E-state index in [1.807, 2.05) is 24.3 Å². The third-order valence-corrected chi connectivity index (χ3v) is 7.08. The molecule has 5 rings (SSSR count). The first-order valence-corrected chi connectivity index (χ1v) is 10.5. The molecule has 0 aromatic heterocycles. The standard InChI is InChI=1S/C24H25NO4/c26-23(27)16-11-14-9-10-15(12-16)22(14)25-24(28)29-13-21-19-7-3-1-5-17(19)18-6-2-4-8-20(18)21/h1-8,14-16,21-22H,9-13H2,(H,25,28)(H,26,27). The molecule has 0 spiro atoms. The van der Waals surface area contributed by atoms with Crippen LogP contribution in [0.4, 0.5) is 4.79 Å². The van der Waals surface area contributed by atoms with E-state index in [1.54, 1.807) is 0 Å². The highest BCUT2D eigenvalue weighted by molar-refractivity contribution is 5.79. The van der Waals surface area contributed by atoms with Crippen LogP contribution < -0.4 is 5.32 Å². The molecule has 3 aliphatic rings. The number of ether oxygens (including phenoxy) is 1. The van der Waals surface area contributed by atoms with Crippen molar-refractivity contribution >= 4 is 12.1 Å². The Labute approximate surface area is 170 Å². The quantitative estimate of drug-likeness (QED) is 0.809. The first-order valence-electron chi connectivity index (χ1n) is 10.5. The lowest BCUT2D eigenvalue weighted by Gasteiger charge is -2.33. The largest absolute Gasteiger partial charge is 0.481 e. The second-order valence-corrected chi connectivity index (χ2v) is 8.60. The van der Waals surface area contributed by atoms with Gasteiger partial charge in [-0.3, -0.25) is 4.79 Å². The van der Waals surface area contributed by atoms with Gasteiger partial charge < -0.3 is 15.2 Å². The van der Waals surface area contributed by atoms with Gasteiger partial charge in [-0.2, -0.15) is 0 Å². The fourth-order valence-corrected chi connectivity index (χ4v) is 5.74. The summed E-state index contributed by atoms with van der Waals surface area (Å²) in [7, 11) is 0. The molecule has 0 radical (unpaired) electrons. The number of nitrogens with one attached hydrogen (secondary N) is 1. The van der Waals surface area contributed by atoms with Gasteiger partial charge in [0.2, 0.25) is 0 Å². The van der Waals surface area contributed by atoms with E-state index in [2.05, 4.69) is 29.6 Å². The fourth-order valence-electron chi connectivity index (χ4n) is 5.74. The van der Waals surface area contributed by atoms with Crippen molar-refractivity contribution in [2.45, 2.75) is 37.6 Å². The van der Waals surface area contributed by atoms with Crippen LogP contribution in [0.1, 0.15) is 42.7 Å². The summed E-state index contributed by atoms with van der Waals surface area (Å²) in [6.45, 7) is 0.305. The summed E-state index contributed by atoms with van der Waals surface area (Å²) in [6, 6.07) is 16.6. The zero-order valence-corrected chi connectivity index (χ0v) is 16.2. The Bertz CT molecular complexity index is 896. The number of aliphatic carboxylic acids is 1. The van der Waals surface area contributed by atoms with E-state index in [9.17, 15) is 14.7 Å². The van der Waals surface area contributed by atoms with Crippen LogP contribution in [0.5, 0.6) is 0 Å². The molecule has 2 atom stereocenters. The number of benzene rings is 2. The summed E-state index contributed by atoms with van der Waals surface area (Å²) in [4.78, 5) is 23.9. The van der Waals surface area contributed by atoms with E-state index in [4.69, 9.17) is 4.74 Å². The number of carboxylic acids is 1. The van der Waals surface area contributed by atoms with Gasteiger partial charge in [-0.15, -0.1) is 0 Å². The molecule has 2 fully saturated rings. The number of alkyl carbamates (subject to hydrolysis) is 1. The predicted octanol–water partition coefficient (Wildman–Crippen LogP) is 4.41. The highest BCUT2D eigenvalue weighted by Crippen LogP contribution is 2.46. The van der Waals surface area contributed by atoms with Gasteiger partial charge in [-0.1, -0.05) is 48.5 Å². The molecular formula is C24H25NO4. The van der Waals surface area contributed by atoms with E-state index >= 15 is 0 Å². The molecular weight excluding hydrogens is 366 g/mol. The number of carbonyl (C=O) groups excluding carboxylic acids is 1. The highest BCUT2D eigenvalue weighted by Gasteiger charge is 2.45.